The Hall–Kier alpha value is -1.88. The van der Waals surface area contributed by atoms with Crippen LogP contribution < -0.4 is 0 Å². The topological polar surface area (TPSA) is 60.9 Å². The average Bonchev–Trinajstić information content (AvgIpc) is 3.11. The van der Waals surface area contributed by atoms with Crippen molar-refractivity contribution in [2.75, 3.05) is 26.2 Å². The number of carboxylic acid groups (broad SMARTS) is 1. The number of carbonyl (C=O) groups is 2. The Labute approximate surface area is 149 Å². The first-order chi connectivity index (χ1) is 12.0. The van der Waals surface area contributed by atoms with E-state index in [2.05, 4.69) is 4.90 Å². The number of carbonyl (C=O) groups excluding carboxylic acids is 1. The van der Waals surface area contributed by atoms with Gasteiger partial charge < -0.3 is 10.0 Å². The van der Waals surface area contributed by atoms with E-state index in [1.807, 2.05) is 30.9 Å². The Morgan fingerprint density at radius 3 is 2.24 bits per heavy atom. The summed E-state index contributed by atoms with van der Waals surface area (Å²) in [6.07, 6.45) is 3.24. The summed E-state index contributed by atoms with van der Waals surface area (Å²) in [6.45, 7) is 7.81. The van der Waals surface area contributed by atoms with E-state index in [9.17, 15) is 9.59 Å². The molecule has 0 aliphatic carbocycles. The molecule has 2 heterocycles. The number of amides is 1. The molecule has 2 aliphatic rings. The second-order valence-electron chi connectivity index (χ2n) is 7.62. The molecule has 2 aliphatic heterocycles. The summed E-state index contributed by atoms with van der Waals surface area (Å²) in [4.78, 5) is 27.7. The Balaban J connectivity index is 1.53. The Morgan fingerprint density at radius 2 is 1.68 bits per heavy atom. The molecule has 1 aromatic rings. The Kier molecular flexibility index (Phi) is 5.42. The van der Waals surface area contributed by atoms with Gasteiger partial charge in [-0.1, -0.05) is 26.0 Å². The van der Waals surface area contributed by atoms with E-state index in [-0.39, 0.29) is 11.8 Å². The maximum atomic E-state index is 12.1. The largest absolute Gasteiger partial charge is 0.478 e. The van der Waals surface area contributed by atoms with Crippen LogP contribution >= 0.6 is 0 Å². The van der Waals surface area contributed by atoms with E-state index in [1.54, 1.807) is 12.1 Å². The molecule has 0 radical (unpaired) electrons. The van der Waals surface area contributed by atoms with Gasteiger partial charge in [0.05, 0.1) is 5.56 Å². The van der Waals surface area contributed by atoms with Gasteiger partial charge in [0.2, 0.25) is 5.91 Å². The standard InChI is InChI=1S/C20H28N2O3/c1-14(2)19(23)21-11-8-18(9-12-21)22-10-7-17(13-22)15-3-5-16(6-4-15)20(24)25/h3-6,14,17-18H,7-13H2,1-2H3,(H,24,25)/t17-/m1/s1. The van der Waals surface area contributed by atoms with E-state index in [4.69, 9.17) is 5.11 Å². The highest BCUT2D eigenvalue weighted by molar-refractivity contribution is 5.87. The highest BCUT2D eigenvalue weighted by atomic mass is 16.4. The molecule has 25 heavy (non-hydrogen) atoms. The average molecular weight is 344 g/mol. The minimum absolute atomic E-state index is 0.0847. The lowest BCUT2D eigenvalue weighted by Gasteiger charge is -2.37. The number of hydrogen-bond donors (Lipinski definition) is 1. The number of hydrogen-bond acceptors (Lipinski definition) is 3. The van der Waals surface area contributed by atoms with Crippen LogP contribution in [0.15, 0.2) is 24.3 Å². The summed E-state index contributed by atoms with van der Waals surface area (Å²) < 4.78 is 0. The van der Waals surface area contributed by atoms with Crippen LogP contribution in [-0.4, -0.2) is 59.0 Å². The molecule has 0 bridgehead atoms. The molecule has 1 amide bonds. The first kappa shape index (κ1) is 17.9. The quantitative estimate of drug-likeness (QED) is 0.912. The molecular weight excluding hydrogens is 316 g/mol. The predicted octanol–water partition coefficient (Wildman–Crippen LogP) is 2.82. The summed E-state index contributed by atoms with van der Waals surface area (Å²) in [5.74, 6) is -0.0294. The molecule has 3 rings (SSSR count). The van der Waals surface area contributed by atoms with Gasteiger partial charge in [-0.25, -0.2) is 4.79 Å². The number of benzene rings is 1. The molecule has 136 valence electrons. The zero-order valence-corrected chi connectivity index (χ0v) is 15.1. The molecule has 5 heteroatoms. The first-order valence-corrected chi connectivity index (χ1v) is 9.31. The van der Waals surface area contributed by atoms with Crippen molar-refractivity contribution < 1.29 is 14.7 Å². The summed E-state index contributed by atoms with van der Waals surface area (Å²) in [5.41, 5.74) is 1.58. The number of piperidine rings is 1. The predicted molar refractivity (Wildman–Crippen MR) is 96.8 cm³/mol. The Bertz CT molecular complexity index is 618. The molecule has 5 nitrogen and oxygen atoms in total. The fourth-order valence-corrected chi connectivity index (χ4v) is 4.11. The lowest BCUT2D eigenvalue weighted by molar-refractivity contribution is -0.136. The third-order valence-corrected chi connectivity index (χ3v) is 5.64. The van der Waals surface area contributed by atoms with Crippen LogP contribution in [0.3, 0.4) is 0 Å². The van der Waals surface area contributed by atoms with E-state index in [0.717, 1.165) is 45.4 Å². The van der Waals surface area contributed by atoms with Crippen LogP contribution in [0.4, 0.5) is 0 Å². The van der Waals surface area contributed by atoms with Gasteiger partial charge in [0, 0.05) is 31.6 Å². The van der Waals surface area contributed by atoms with Crippen molar-refractivity contribution in [3.63, 3.8) is 0 Å². The van der Waals surface area contributed by atoms with Gasteiger partial charge in [-0.05, 0) is 49.4 Å². The van der Waals surface area contributed by atoms with Crippen molar-refractivity contribution in [1.82, 2.24) is 9.80 Å². The molecule has 0 unspecified atom stereocenters. The molecular formula is C20H28N2O3. The van der Waals surface area contributed by atoms with Crippen LogP contribution in [0.25, 0.3) is 0 Å². The van der Waals surface area contributed by atoms with E-state index in [0.29, 0.717) is 17.5 Å². The lowest BCUT2D eigenvalue weighted by Crippen LogP contribution is -2.47. The number of aromatic carboxylic acids is 1. The van der Waals surface area contributed by atoms with Crippen LogP contribution in [-0.2, 0) is 4.79 Å². The minimum atomic E-state index is -0.873. The molecule has 1 aromatic carbocycles. The third-order valence-electron chi connectivity index (χ3n) is 5.64. The fourth-order valence-electron chi connectivity index (χ4n) is 4.11. The van der Waals surface area contributed by atoms with Crippen molar-refractivity contribution in [3.8, 4) is 0 Å². The van der Waals surface area contributed by atoms with E-state index in [1.165, 1.54) is 5.56 Å². The third kappa shape index (κ3) is 4.03. The normalized spacial score (nSPS) is 22.5. The second kappa shape index (κ2) is 7.56. The minimum Gasteiger partial charge on any atom is -0.478 e. The maximum Gasteiger partial charge on any atom is 0.335 e. The fraction of sp³-hybridized carbons (Fsp3) is 0.600. The number of likely N-dealkylation sites (tertiary alicyclic amines) is 2. The maximum absolute atomic E-state index is 12.1. The van der Waals surface area contributed by atoms with Crippen LogP contribution in [0.2, 0.25) is 0 Å². The molecule has 2 fully saturated rings. The van der Waals surface area contributed by atoms with Gasteiger partial charge in [-0.15, -0.1) is 0 Å². The van der Waals surface area contributed by atoms with Gasteiger partial charge in [0.25, 0.3) is 0 Å². The van der Waals surface area contributed by atoms with Crippen molar-refractivity contribution in [1.29, 1.82) is 0 Å². The molecule has 0 saturated carbocycles. The monoisotopic (exact) mass is 344 g/mol. The second-order valence-corrected chi connectivity index (χ2v) is 7.62. The molecule has 1 N–H and O–H groups in total. The van der Waals surface area contributed by atoms with Crippen LogP contribution in [0, 0.1) is 5.92 Å². The van der Waals surface area contributed by atoms with Gasteiger partial charge in [0.15, 0.2) is 0 Å². The van der Waals surface area contributed by atoms with Crippen LogP contribution in [0.1, 0.15) is 54.9 Å². The smallest absolute Gasteiger partial charge is 0.335 e. The summed E-state index contributed by atoms with van der Waals surface area (Å²) in [6, 6.07) is 7.90. The van der Waals surface area contributed by atoms with Crippen LogP contribution in [0.5, 0.6) is 0 Å². The molecule has 0 aromatic heterocycles. The van der Waals surface area contributed by atoms with Gasteiger partial charge in [-0.3, -0.25) is 9.69 Å². The highest BCUT2D eigenvalue weighted by Crippen LogP contribution is 2.31. The molecule has 1 atom stereocenters. The SMILES string of the molecule is CC(C)C(=O)N1CCC(N2CC[C@@H](c3ccc(C(=O)O)cc3)C2)CC1. The van der Waals surface area contributed by atoms with Gasteiger partial charge in [0.1, 0.15) is 0 Å². The highest BCUT2D eigenvalue weighted by Gasteiger charge is 2.32. The van der Waals surface area contributed by atoms with E-state index < -0.39 is 5.97 Å². The van der Waals surface area contributed by atoms with Gasteiger partial charge >= 0.3 is 5.97 Å². The van der Waals surface area contributed by atoms with Gasteiger partial charge in [-0.2, -0.15) is 0 Å². The summed E-state index contributed by atoms with van der Waals surface area (Å²) in [5, 5.41) is 9.01. The lowest BCUT2D eigenvalue weighted by atomic mass is 9.97. The number of carboxylic acids is 1. The number of nitrogens with zero attached hydrogens (tertiary/aromatic N) is 2. The van der Waals surface area contributed by atoms with Crippen molar-refractivity contribution >= 4 is 11.9 Å². The summed E-state index contributed by atoms with van der Waals surface area (Å²) in [7, 11) is 0. The van der Waals surface area contributed by atoms with Crippen molar-refractivity contribution in [2.45, 2.75) is 45.1 Å². The zero-order valence-electron chi connectivity index (χ0n) is 15.1. The summed E-state index contributed by atoms with van der Waals surface area (Å²) >= 11 is 0. The first-order valence-electron chi connectivity index (χ1n) is 9.31. The van der Waals surface area contributed by atoms with Crippen molar-refractivity contribution in [3.05, 3.63) is 35.4 Å². The Morgan fingerprint density at radius 1 is 1.04 bits per heavy atom. The van der Waals surface area contributed by atoms with Crippen molar-refractivity contribution in [2.24, 2.45) is 5.92 Å². The molecule has 2 saturated heterocycles. The number of rotatable bonds is 4. The van der Waals surface area contributed by atoms with E-state index >= 15 is 0 Å². The zero-order chi connectivity index (χ0) is 18.0. The molecule has 0 spiro atoms.